The summed E-state index contributed by atoms with van der Waals surface area (Å²) < 4.78 is 68.7. The van der Waals surface area contributed by atoms with Gasteiger partial charge in [0.15, 0.2) is 0 Å². The van der Waals surface area contributed by atoms with Crippen LogP contribution < -0.4 is 4.52 Å². The molecule has 0 radical (unpaired) electrons. The van der Waals surface area contributed by atoms with Crippen LogP contribution in [0.1, 0.15) is 18.0 Å². The summed E-state index contributed by atoms with van der Waals surface area (Å²) in [6, 6.07) is 14.7. The first-order valence-corrected chi connectivity index (χ1v) is 9.00. The van der Waals surface area contributed by atoms with Crippen LogP contribution in [0.4, 0.5) is 0 Å². The fourth-order valence-electron chi connectivity index (χ4n) is 1.94. The lowest BCUT2D eigenvalue weighted by atomic mass is 10.2. The SMILES string of the molecule is [2H]c1c([2H])c([2H])c(OP(=O)(OCc2ccccc2)OCc2ccccc2)c([2H])c1[2H]. The molecule has 0 aliphatic heterocycles. The van der Waals surface area contributed by atoms with Crippen molar-refractivity contribution in [2.75, 3.05) is 0 Å². The highest BCUT2D eigenvalue weighted by atomic mass is 31.2. The molecule has 128 valence electrons. The molecule has 0 spiro atoms. The van der Waals surface area contributed by atoms with E-state index in [9.17, 15) is 4.57 Å². The van der Waals surface area contributed by atoms with Gasteiger partial charge in [-0.05, 0) is 23.2 Å². The first kappa shape index (κ1) is 12.0. The van der Waals surface area contributed by atoms with Crippen LogP contribution >= 0.6 is 7.82 Å². The third-order valence-electron chi connectivity index (χ3n) is 3.14. The van der Waals surface area contributed by atoms with Gasteiger partial charge in [-0.2, -0.15) is 0 Å². The summed E-state index contributed by atoms with van der Waals surface area (Å²) in [6.07, 6.45) is 0. The van der Waals surface area contributed by atoms with Crippen molar-refractivity contribution in [2.24, 2.45) is 0 Å². The van der Waals surface area contributed by atoms with E-state index in [-0.39, 0.29) is 13.2 Å². The van der Waals surface area contributed by atoms with Crippen LogP contribution in [0.3, 0.4) is 0 Å². The Labute approximate surface area is 154 Å². The Morgan fingerprint density at radius 1 is 0.760 bits per heavy atom. The summed E-state index contributed by atoms with van der Waals surface area (Å²) in [5.74, 6) is -0.592. The van der Waals surface area contributed by atoms with Gasteiger partial charge in [0, 0.05) is 0 Å². The summed E-state index contributed by atoms with van der Waals surface area (Å²) in [5, 5.41) is 0. The smallest absolute Gasteiger partial charge is 0.404 e. The number of para-hydroxylation sites is 1. The Morgan fingerprint density at radius 3 is 1.72 bits per heavy atom. The molecule has 0 saturated heterocycles. The minimum atomic E-state index is -4.35. The summed E-state index contributed by atoms with van der Waals surface area (Å²) in [7, 11) is -4.35. The van der Waals surface area contributed by atoms with E-state index < -0.39 is 43.8 Å². The van der Waals surface area contributed by atoms with E-state index in [4.69, 9.17) is 20.4 Å². The molecule has 3 rings (SSSR count). The summed E-state index contributed by atoms with van der Waals surface area (Å²) in [4.78, 5) is 0. The molecule has 0 fully saturated rings. The standard InChI is InChI=1S/C20H19O4P/c21-25(24-20-14-8-3-9-15-20,22-16-18-10-4-1-5-11-18)23-17-19-12-6-2-7-13-19/h1-15H,16-17H2/i3D,8D,9D,14D,15D. The predicted octanol–water partition coefficient (Wildman–Crippen LogP) is 5.61. The molecule has 0 aliphatic carbocycles. The zero-order chi connectivity index (χ0) is 21.7. The van der Waals surface area contributed by atoms with Crippen LogP contribution in [-0.2, 0) is 26.8 Å². The van der Waals surface area contributed by atoms with E-state index in [1.165, 1.54) is 0 Å². The number of rotatable bonds is 8. The van der Waals surface area contributed by atoms with E-state index in [1.807, 2.05) is 12.1 Å². The molecular formula is C20H19O4P. The largest absolute Gasteiger partial charge is 0.530 e. The Morgan fingerprint density at radius 2 is 1.24 bits per heavy atom. The molecule has 0 aromatic heterocycles. The van der Waals surface area contributed by atoms with Crippen molar-refractivity contribution in [2.45, 2.75) is 13.2 Å². The molecule has 0 atom stereocenters. The summed E-state index contributed by atoms with van der Waals surface area (Å²) >= 11 is 0. The number of hydrogen-bond donors (Lipinski definition) is 0. The number of benzene rings is 3. The molecule has 0 heterocycles. The van der Waals surface area contributed by atoms with Gasteiger partial charge in [0.25, 0.3) is 0 Å². The van der Waals surface area contributed by atoms with E-state index in [0.717, 1.165) is 0 Å². The fourth-order valence-corrected chi connectivity index (χ4v) is 3.05. The molecule has 0 N–H and O–H groups in total. The maximum absolute atomic E-state index is 13.3. The van der Waals surface area contributed by atoms with Crippen molar-refractivity contribution in [3.8, 4) is 5.75 Å². The average molecular weight is 359 g/mol. The van der Waals surface area contributed by atoms with Crippen LogP contribution in [0.25, 0.3) is 0 Å². The van der Waals surface area contributed by atoms with Gasteiger partial charge in [-0.3, -0.25) is 9.05 Å². The topological polar surface area (TPSA) is 44.8 Å². The van der Waals surface area contributed by atoms with E-state index in [2.05, 4.69) is 0 Å². The van der Waals surface area contributed by atoms with Gasteiger partial charge >= 0.3 is 7.82 Å². The highest BCUT2D eigenvalue weighted by molar-refractivity contribution is 7.48. The zero-order valence-corrected chi connectivity index (χ0v) is 14.2. The second-order valence-electron chi connectivity index (χ2n) is 5.01. The van der Waals surface area contributed by atoms with Gasteiger partial charge in [0.2, 0.25) is 0 Å². The number of hydrogen-bond acceptors (Lipinski definition) is 4. The number of phosphoric acid groups is 1. The summed E-state index contributed by atoms with van der Waals surface area (Å²) in [6.45, 7) is -0.239. The second kappa shape index (κ2) is 8.63. The van der Waals surface area contributed by atoms with E-state index in [0.29, 0.717) is 11.1 Å². The van der Waals surface area contributed by atoms with Crippen molar-refractivity contribution in [1.82, 2.24) is 0 Å². The van der Waals surface area contributed by atoms with Gasteiger partial charge in [-0.25, -0.2) is 4.57 Å². The minimum absolute atomic E-state index is 0.119. The molecule has 3 aromatic rings. The Hall–Kier alpha value is -2.39. The van der Waals surface area contributed by atoms with Gasteiger partial charge in [0.1, 0.15) is 5.75 Å². The molecule has 0 saturated carbocycles. The third-order valence-corrected chi connectivity index (χ3v) is 4.44. The lowest BCUT2D eigenvalue weighted by molar-refractivity contribution is 0.143. The van der Waals surface area contributed by atoms with Crippen molar-refractivity contribution in [1.29, 1.82) is 0 Å². The third kappa shape index (κ3) is 5.57. The Bertz CT molecular complexity index is 987. The monoisotopic (exact) mass is 359 g/mol. The lowest BCUT2D eigenvalue weighted by Gasteiger charge is -2.18. The van der Waals surface area contributed by atoms with Crippen LogP contribution in [0.5, 0.6) is 5.75 Å². The summed E-state index contributed by atoms with van der Waals surface area (Å²) in [5.41, 5.74) is 1.40. The van der Waals surface area contributed by atoms with Crippen LogP contribution in [0, 0.1) is 0 Å². The second-order valence-corrected chi connectivity index (χ2v) is 6.60. The highest BCUT2D eigenvalue weighted by Gasteiger charge is 2.29. The fraction of sp³-hybridized carbons (Fsp3) is 0.100. The Kier molecular flexibility index (Phi) is 4.16. The molecule has 0 amide bonds. The van der Waals surface area contributed by atoms with Crippen LogP contribution in [-0.4, -0.2) is 0 Å². The molecule has 4 nitrogen and oxygen atoms in total. The normalized spacial score (nSPS) is 14.0. The molecule has 0 aliphatic rings. The maximum atomic E-state index is 13.3. The van der Waals surface area contributed by atoms with Crippen LogP contribution in [0.15, 0.2) is 90.9 Å². The minimum Gasteiger partial charge on any atom is -0.404 e. The first-order chi connectivity index (χ1) is 14.3. The van der Waals surface area contributed by atoms with E-state index >= 15 is 0 Å². The number of phosphoric ester groups is 1. The molecule has 5 heteroatoms. The molecule has 3 aromatic carbocycles. The molecular weight excluding hydrogens is 335 g/mol. The van der Waals surface area contributed by atoms with Crippen molar-refractivity contribution in [3.63, 3.8) is 0 Å². The predicted molar refractivity (Wildman–Crippen MR) is 97.1 cm³/mol. The highest BCUT2D eigenvalue weighted by Crippen LogP contribution is 2.50. The van der Waals surface area contributed by atoms with Gasteiger partial charge in [0.05, 0.1) is 20.1 Å². The lowest BCUT2D eigenvalue weighted by Crippen LogP contribution is -2.03. The maximum Gasteiger partial charge on any atom is 0.530 e. The molecule has 25 heavy (non-hydrogen) atoms. The first-order valence-electron chi connectivity index (χ1n) is 10.0. The molecule has 0 bridgehead atoms. The zero-order valence-electron chi connectivity index (χ0n) is 18.3. The van der Waals surface area contributed by atoms with Crippen molar-refractivity contribution < 1.29 is 25.0 Å². The average Bonchev–Trinajstić information content (AvgIpc) is 2.78. The van der Waals surface area contributed by atoms with Crippen molar-refractivity contribution in [3.05, 3.63) is 102 Å². The van der Waals surface area contributed by atoms with Crippen molar-refractivity contribution >= 4 is 7.82 Å². The van der Waals surface area contributed by atoms with Gasteiger partial charge < -0.3 is 4.52 Å². The Balaban J connectivity index is 1.90. The van der Waals surface area contributed by atoms with Crippen LogP contribution in [0.2, 0.25) is 0 Å². The van der Waals surface area contributed by atoms with Gasteiger partial charge in [-0.1, -0.05) is 78.8 Å². The molecule has 0 unspecified atom stereocenters. The van der Waals surface area contributed by atoms with E-state index in [1.54, 1.807) is 48.5 Å². The van der Waals surface area contributed by atoms with Gasteiger partial charge in [-0.15, -0.1) is 0 Å². The quantitative estimate of drug-likeness (QED) is 0.491.